The van der Waals surface area contributed by atoms with E-state index in [0.717, 1.165) is 11.3 Å². The van der Waals surface area contributed by atoms with Crippen molar-refractivity contribution < 1.29 is 22.7 Å². The summed E-state index contributed by atoms with van der Waals surface area (Å²) >= 11 is 0. The quantitative estimate of drug-likeness (QED) is 0.695. The minimum absolute atomic E-state index is 0.00512. The van der Waals surface area contributed by atoms with Crippen molar-refractivity contribution in [2.45, 2.75) is 18.5 Å². The Kier molecular flexibility index (Phi) is 5.71. The molecule has 0 aliphatic carbocycles. The van der Waals surface area contributed by atoms with Crippen LogP contribution in [0.15, 0.2) is 48.5 Å². The van der Waals surface area contributed by atoms with Gasteiger partial charge in [-0.15, -0.1) is 0 Å². The summed E-state index contributed by atoms with van der Waals surface area (Å²) in [6.45, 7) is 0.805. The molecule has 30 heavy (non-hydrogen) atoms. The number of anilines is 1. The number of carbonyl (C=O) groups is 1. The Morgan fingerprint density at radius 3 is 2.37 bits per heavy atom. The molecule has 1 amide bonds. The summed E-state index contributed by atoms with van der Waals surface area (Å²) in [5.41, 5.74) is 1.80. The number of ether oxygens (including phenoxy) is 2. The van der Waals surface area contributed by atoms with Crippen LogP contribution >= 0.6 is 0 Å². The van der Waals surface area contributed by atoms with Crippen LogP contribution in [0.25, 0.3) is 0 Å². The van der Waals surface area contributed by atoms with Gasteiger partial charge in [-0.25, -0.2) is 8.42 Å². The largest absolute Gasteiger partial charge is 0.493 e. The van der Waals surface area contributed by atoms with E-state index in [-0.39, 0.29) is 36.0 Å². The van der Waals surface area contributed by atoms with E-state index in [0.29, 0.717) is 24.5 Å². The van der Waals surface area contributed by atoms with Crippen LogP contribution in [0.3, 0.4) is 0 Å². The summed E-state index contributed by atoms with van der Waals surface area (Å²) in [5, 5.41) is 0. The van der Waals surface area contributed by atoms with Gasteiger partial charge in [0.2, 0.25) is 5.91 Å². The maximum Gasteiger partial charge on any atom is 0.241 e. The second-order valence-electron chi connectivity index (χ2n) is 7.72. The Labute approximate surface area is 177 Å². The van der Waals surface area contributed by atoms with Crippen LogP contribution in [0, 0.1) is 0 Å². The number of para-hydroxylation sites is 1. The molecule has 4 rings (SSSR count). The Balaban J connectivity index is 1.55. The number of piperazine rings is 1. The molecule has 0 saturated carbocycles. The normalized spacial score (nSPS) is 23.3. The van der Waals surface area contributed by atoms with Crippen molar-refractivity contribution in [3.8, 4) is 11.5 Å². The third-order valence-corrected chi connectivity index (χ3v) is 7.57. The number of amides is 1. The van der Waals surface area contributed by atoms with E-state index in [1.807, 2.05) is 53.4 Å². The molecule has 0 radical (unpaired) electrons. The van der Waals surface area contributed by atoms with E-state index in [2.05, 4.69) is 0 Å². The van der Waals surface area contributed by atoms with E-state index in [9.17, 15) is 13.2 Å². The van der Waals surface area contributed by atoms with Gasteiger partial charge in [-0.2, -0.15) is 0 Å². The van der Waals surface area contributed by atoms with Crippen molar-refractivity contribution in [3.05, 3.63) is 54.1 Å². The van der Waals surface area contributed by atoms with Gasteiger partial charge in [-0.05, 0) is 36.2 Å². The van der Waals surface area contributed by atoms with E-state index < -0.39 is 9.84 Å². The Bertz CT molecular complexity index is 1030. The number of hydrogen-bond acceptors (Lipinski definition) is 6. The number of sulfone groups is 1. The lowest BCUT2D eigenvalue weighted by Crippen LogP contribution is -2.62. The summed E-state index contributed by atoms with van der Waals surface area (Å²) in [5.74, 6) is 1.34. The molecule has 2 aliphatic rings. The SMILES string of the molecule is COc1ccc(CCN2CC(=O)N(c3ccccc3)C3CS(=O)(=O)CC32)cc1OC. The van der Waals surface area contributed by atoms with E-state index in [1.54, 1.807) is 19.1 Å². The lowest BCUT2D eigenvalue weighted by atomic mass is 10.0. The molecule has 2 atom stereocenters. The van der Waals surface area contributed by atoms with Gasteiger partial charge in [-0.3, -0.25) is 9.69 Å². The van der Waals surface area contributed by atoms with Crippen molar-refractivity contribution in [1.82, 2.24) is 4.90 Å². The number of benzene rings is 2. The highest BCUT2D eigenvalue weighted by Crippen LogP contribution is 2.32. The molecule has 2 heterocycles. The number of fused-ring (bicyclic) bond motifs is 1. The average Bonchev–Trinajstić information content (AvgIpc) is 3.07. The highest BCUT2D eigenvalue weighted by Gasteiger charge is 2.49. The first kappa shape index (κ1) is 20.7. The number of carbonyl (C=O) groups excluding carboxylic acids is 1. The third-order valence-electron chi connectivity index (χ3n) is 5.87. The zero-order valence-corrected chi connectivity index (χ0v) is 18.0. The minimum atomic E-state index is -3.20. The zero-order valence-electron chi connectivity index (χ0n) is 17.2. The number of methoxy groups -OCH3 is 2. The van der Waals surface area contributed by atoms with Crippen LogP contribution in [0.4, 0.5) is 5.69 Å². The number of nitrogens with zero attached hydrogens (tertiary/aromatic N) is 2. The molecular weight excluding hydrogens is 404 g/mol. The standard InChI is InChI=1S/C22H26N2O5S/c1-28-20-9-8-16(12-21(20)29-2)10-11-23-13-22(25)24(17-6-4-3-5-7-17)19-15-30(26,27)14-18(19)23/h3-9,12,18-19H,10-11,13-15H2,1-2H3. The Hall–Kier alpha value is -2.58. The van der Waals surface area contributed by atoms with Crippen molar-refractivity contribution in [2.75, 3.05) is 43.7 Å². The van der Waals surface area contributed by atoms with Crippen molar-refractivity contribution in [1.29, 1.82) is 0 Å². The maximum atomic E-state index is 13.0. The first-order valence-corrected chi connectivity index (χ1v) is 11.8. The van der Waals surface area contributed by atoms with E-state index in [1.165, 1.54) is 0 Å². The highest BCUT2D eigenvalue weighted by atomic mass is 32.2. The molecule has 0 bridgehead atoms. The Morgan fingerprint density at radius 1 is 0.967 bits per heavy atom. The molecule has 2 aromatic carbocycles. The lowest BCUT2D eigenvalue weighted by Gasteiger charge is -2.43. The zero-order chi connectivity index (χ0) is 21.3. The van der Waals surface area contributed by atoms with Gasteiger partial charge >= 0.3 is 0 Å². The summed E-state index contributed by atoms with van der Waals surface area (Å²) in [6.07, 6.45) is 0.683. The minimum Gasteiger partial charge on any atom is -0.493 e. The molecular formula is C22H26N2O5S. The van der Waals surface area contributed by atoms with Gasteiger partial charge in [0, 0.05) is 18.3 Å². The summed E-state index contributed by atoms with van der Waals surface area (Å²) in [7, 11) is -0.0132. The molecule has 8 heteroatoms. The topological polar surface area (TPSA) is 76.2 Å². The van der Waals surface area contributed by atoms with Gasteiger partial charge in [0.05, 0.1) is 38.3 Å². The smallest absolute Gasteiger partial charge is 0.241 e. The average molecular weight is 431 g/mol. The number of hydrogen-bond donors (Lipinski definition) is 0. The van der Waals surface area contributed by atoms with Gasteiger partial charge in [0.1, 0.15) is 0 Å². The summed E-state index contributed by atoms with van der Waals surface area (Å²) in [6, 6.07) is 14.5. The second-order valence-corrected chi connectivity index (χ2v) is 9.87. The van der Waals surface area contributed by atoms with Gasteiger partial charge in [0.15, 0.2) is 21.3 Å². The van der Waals surface area contributed by atoms with Crippen LogP contribution in [0.2, 0.25) is 0 Å². The lowest BCUT2D eigenvalue weighted by molar-refractivity contribution is -0.123. The first-order valence-electron chi connectivity index (χ1n) is 9.94. The molecule has 2 fully saturated rings. The predicted octanol–water partition coefficient (Wildman–Crippen LogP) is 1.76. The number of rotatable bonds is 6. The molecule has 2 aromatic rings. The van der Waals surface area contributed by atoms with Crippen molar-refractivity contribution in [3.63, 3.8) is 0 Å². The van der Waals surface area contributed by atoms with Crippen LogP contribution < -0.4 is 14.4 Å². The van der Waals surface area contributed by atoms with Crippen LogP contribution in [-0.4, -0.2) is 70.1 Å². The molecule has 0 aromatic heterocycles. The molecule has 0 spiro atoms. The highest BCUT2D eigenvalue weighted by molar-refractivity contribution is 7.91. The van der Waals surface area contributed by atoms with E-state index >= 15 is 0 Å². The van der Waals surface area contributed by atoms with Crippen molar-refractivity contribution in [2.24, 2.45) is 0 Å². The van der Waals surface area contributed by atoms with Crippen LogP contribution in [0.1, 0.15) is 5.56 Å². The van der Waals surface area contributed by atoms with E-state index in [4.69, 9.17) is 9.47 Å². The monoisotopic (exact) mass is 430 g/mol. The fourth-order valence-corrected chi connectivity index (χ4v) is 6.42. The predicted molar refractivity (Wildman–Crippen MR) is 115 cm³/mol. The van der Waals surface area contributed by atoms with Crippen molar-refractivity contribution >= 4 is 21.4 Å². The van der Waals surface area contributed by atoms with Crippen LogP contribution in [0.5, 0.6) is 11.5 Å². The van der Waals surface area contributed by atoms with Gasteiger partial charge in [0.25, 0.3) is 0 Å². The molecule has 160 valence electrons. The first-order chi connectivity index (χ1) is 14.4. The second kappa shape index (κ2) is 8.28. The fraction of sp³-hybridized carbons (Fsp3) is 0.409. The molecule has 0 N–H and O–H groups in total. The van der Waals surface area contributed by atoms with Gasteiger partial charge in [-0.1, -0.05) is 24.3 Å². The fourth-order valence-electron chi connectivity index (χ4n) is 4.44. The molecule has 2 saturated heterocycles. The molecule has 2 unspecified atom stereocenters. The third kappa shape index (κ3) is 4.02. The maximum absolute atomic E-state index is 13.0. The van der Waals surface area contributed by atoms with Crippen LogP contribution in [-0.2, 0) is 21.1 Å². The van der Waals surface area contributed by atoms with Gasteiger partial charge < -0.3 is 14.4 Å². The molecule has 7 nitrogen and oxygen atoms in total. The Morgan fingerprint density at radius 2 is 1.67 bits per heavy atom. The molecule has 2 aliphatic heterocycles. The summed E-state index contributed by atoms with van der Waals surface area (Å²) in [4.78, 5) is 16.7. The summed E-state index contributed by atoms with van der Waals surface area (Å²) < 4.78 is 35.6.